The van der Waals surface area contributed by atoms with Gasteiger partial charge in [0.25, 0.3) is 0 Å². The molecule has 4 heteroatoms. The van der Waals surface area contributed by atoms with Gasteiger partial charge < -0.3 is 9.47 Å². The summed E-state index contributed by atoms with van der Waals surface area (Å²) >= 11 is 11.0. The van der Waals surface area contributed by atoms with Gasteiger partial charge in [-0.2, -0.15) is 0 Å². The molecule has 0 aliphatic heterocycles. The maximum Gasteiger partial charge on any atom is 0.127 e. The summed E-state index contributed by atoms with van der Waals surface area (Å²) in [7, 11) is 0. The van der Waals surface area contributed by atoms with Crippen molar-refractivity contribution < 1.29 is 9.47 Å². The Hall–Kier alpha value is -1.64. The molecule has 0 amide bonds. The van der Waals surface area contributed by atoms with Crippen LogP contribution in [0, 0.1) is 6.92 Å². The minimum Gasteiger partial charge on any atom is -0.489 e. The van der Waals surface area contributed by atoms with E-state index in [4.69, 9.17) is 32.7 Å². The SMILES string of the molecule is Cc1ccc(Oc2ccc(OCC=C(Cl)Cl)cc2)cc1. The predicted molar refractivity (Wildman–Crippen MR) is 83.0 cm³/mol. The van der Waals surface area contributed by atoms with Crippen LogP contribution in [0.1, 0.15) is 5.56 Å². The number of hydrogen-bond acceptors (Lipinski definition) is 2. The van der Waals surface area contributed by atoms with Crippen LogP contribution < -0.4 is 9.47 Å². The van der Waals surface area contributed by atoms with Crippen molar-refractivity contribution in [2.75, 3.05) is 6.61 Å². The summed E-state index contributed by atoms with van der Waals surface area (Å²) in [5, 5.41) is 0. The van der Waals surface area contributed by atoms with Gasteiger partial charge in [0.15, 0.2) is 0 Å². The Morgan fingerprint density at radius 2 is 1.40 bits per heavy atom. The standard InChI is InChI=1S/C16H14Cl2O2/c1-12-2-4-14(5-3-12)20-15-8-6-13(7-9-15)19-11-10-16(17)18/h2-10H,11H2,1H3. The molecule has 0 saturated carbocycles. The van der Waals surface area contributed by atoms with Crippen LogP contribution in [0.4, 0.5) is 0 Å². The molecule has 2 nitrogen and oxygen atoms in total. The van der Waals surface area contributed by atoms with Crippen molar-refractivity contribution in [1.29, 1.82) is 0 Å². The zero-order valence-electron chi connectivity index (χ0n) is 11.0. The van der Waals surface area contributed by atoms with Gasteiger partial charge in [-0.25, -0.2) is 0 Å². The number of ether oxygens (including phenoxy) is 2. The summed E-state index contributed by atoms with van der Waals surface area (Å²) in [6.45, 7) is 2.37. The first-order chi connectivity index (χ1) is 9.63. The lowest BCUT2D eigenvalue weighted by atomic mass is 10.2. The van der Waals surface area contributed by atoms with Crippen LogP contribution >= 0.6 is 23.2 Å². The molecule has 0 heterocycles. The Balaban J connectivity index is 1.94. The Bertz CT molecular complexity index is 570. The highest BCUT2D eigenvalue weighted by Gasteiger charge is 1.98. The van der Waals surface area contributed by atoms with Crippen LogP contribution in [0.5, 0.6) is 17.2 Å². The number of rotatable bonds is 5. The minimum absolute atomic E-state index is 0.198. The molecule has 0 aliphatic rings. The van der Waals surface area contributed by atoms with E-state index >= 15 is 0 Å². The molecule has 0 saturated heterocycles. The maximum atomic E-state index is 5.72. The summed E-state index contributed by atoms with van der Waals surface area (Å²) < 4.78 is 11.4. The second-order valence-corrected chi connectivity index (χ2v) is 5.20. The van der Waals surface area contributed by atoms with Gasteiger partial charge in [0.05, 0.1) is 0 Å². The van der Waals surface area contributed by atoms with Gasteiger partial charge in [0.2, 0.25) is 0 Å². The summed E-state index contributed by atoms with van der Waals surface area (Å²) in [5.41, 5.74) is 1.20. The van der Waals surface area contributed by atoms with Crippen molar-refractivity contribution in [1.82, 2.24) is 0 Å². The quantitative estimate of drug-likeness (QED) is 0.727. The van der Waals surface area contributed by atoms with Crippen LogP contribution in [-0.2, 0) is 0 Å². The zero-order valence-corrected chi connectivity index (χ0v) is 12.5. The van der Waals surface area contributed by atoms with Crippen molar-refractivity contribution >= 4 is 23.2 Å². The van der Waals surface area contributed by atoms with Crippen LogP contribution in [0.2, 0.25) is 0 Å². The normalized spacial score (nSPS) is 9.95. The van der Waals surface area contributed by atoms with Gasteiger partial charge >= 0.3 is 0 Å². The molecule has 0 atom stereocenters. The van der Waals surface area contributed by atoms with Crippen molar-refractivity contribution in [3.05, 3.63) is 64.7 Å². The molecule has 0 fully saturated rings. The van der Waals surface area contributed by atoms with Crippen molar-refractivity contribution in [3.8, 4) is 17.2 Å². The Labute approximate surface area is 128 Å². The van der Waals surface area contributed by atoms with Gasteiger partial charge in [0, 0.05) is 0 Å². The fourth-order valence-electron chi connectivity index (χ4n) is 1.55. The van der Waals surface area contributed by atoms with E-state index in [-0.39, 0.29) is 4.49 Å². The molecule has 0 radical (unpaired) electrons. The van der Waals surface area contributed by atoms with E-state index in [9.17, 15) is 0 Å². The van der Waals surface area contributed by atoms with Gasteiger partial charge in [-0.05, 0) is 49.4 Å². The fourth-order valence-corrected chi connectivity index (χ4v) is 1.67. The van der Waals surface area contributed by atoms with E-state index < -0.39 is 0 Å². The smallest absolute Gasteiger partial charge is 0.127 e. The molecular weight excluding hydrogens is 295 g/mol. The number of hydrogen-bond donors (Lipinski definition) is 0. The van der Waals surface area contributed by atoms with Gasteiger partial charge in [0.1, 0.15) is 28.3 Å². The highest BCUT2D eigenvalue weighted by molar-refractivity contribution is 6.55. The predicted octanol–water partition coefficient (Wildman–Crippen LogP) is 5.49. The molecule has 20 heavy (non-hydrogen) atoms. The second kappa shape index (κ2) is 7.22. The van der Waals surface area contributed by atoms with Gasteiger partial charge in [-0.3, -0.25) is 0 Å². The molecule has 0 unspecified atom stereocenters. The van der Waals surface area contributed by atoms with Crippen molar-refractivity contribution in [2.45, 2.75) is 6.92 Å². The number of halogens is 2. The Morgan fingerprint density at radius 1 is 0.900 bits per heavy atom. The average Bonchev–Trinajstić information content (AvgIpc) is 2.43. The van der Waals surface area contributed by atoms with E-state index in [1.165, 1.54) is 5.56 Å². The molecule has 2 rings (SSSR count). The van der Waals surface area contributed by atoms with E-state index in [0.717, 1.165) is 17.2 Å². The lowest BCUT2D eigenvalue weighted by molar-refractivity contribution is 0.362. The molecule has 0 spiro atoms. The maximum absolute atomic E-state index is 5.72. The molecule has 0 bridgehead atoms. The van der Waals surface area contributed by atoms with Crippen molar-refractivity contribution in [2.24, 2.45) is 0 Å². The summed E-state index contributed by atoms with van der Waals surface area (Å²) in [5.74, 6) is 2.29. The van der Waals surface area contributed by atoms with Crippen LogP contribution in [0.3, 0.4) is 0 Å². The third-order valence-electron chi connectivity index (χ3n) is 2.57. The first-order valence-electron chi connectivity index (χ1n) is 6.12. The first kappa shape index (κ1) is 14.8. The molecule has 0 aliphatic carbocycles. The monoisotopic (exact) mass is 308 g/mol. The molecule has 104 valence electrons. The summed E-state index contributed by atoms with van der Waals surface area (Å²) in [6.07, 6.45) is 1.58. The average molecular weight is 309 g/mol. The molecular formula is C16H14Cl2O2. The lowest BCUT2D eigenvalue weighted by Gasteiger charge is -2.07. The largest absolute Gasteiger partial charge is 0.489 e. The third-order valence-corrected chi connectivity index (χ3v) is 2.88. The molecule has 2 aromatic carbocycles. The molecule has 0 N–H and O–H groups in total. The molecule has 0 aromatic heterocycles. The van der Waals surface area contributed by atoms with Gasteiger partial charge in [-0.15, -0.1) is 0 Å². The van der Waals surface area contributed by atoms with E-state index in [2.05, 4.69) is 0 Å². The van der Waals surface area contributed by atoms with Crippen molar-refractivity contribution in [3.63, 3.8) is 0 Å². The summed E-state index contributed by atoms with van der Waals surface area (Å²) in [6, 6.07) is 15.3. The molecule has 2 aromatic rings. The fraction of sp³-hybridized carbons (Fsp3) is 0.125. The number of aryl methyl sites for hydroxylation is 1. The highest BCUT2D eigenvalue weighted by atomic mass is 35.5. The lowest BCUT2D eigenvalue weighted by Crippen LogP contribution is -1.93. The Morgan fingerprint density at radius 3 is 1.95 bits per heavy atom. The number of benzene rings is 2. The zero-order chi connectivity index (χ0) is 14.4. The topological polar surface area (TPSA) is 18.5 Å². The van der Waals surface area contributed by atoms with Crippen LogP contribution in [-0.4, -0.2) is 6.61 Å². The summed E-state index contributed by atoms with van der Waals surface area (Å²) in [4.78, 5) is 0. The highest BCUT2D eigenvalue weighted by Crippen LogP contribution is 2.24. The third kappa shape index (κ3) is 4.80. The first-order valence-corrected chi connectivity index (χ1v) is 6.87. The Kier molecular flexibility index (Phi) is 5.33. The van der Waals surface area contributed by atoms with E-state index in [1.54, 1.807) is 6.08 Å². The second-order valence-electron chi connectivity index (χ2n) is 4.19. The van der Waals surface area contributed by atoms with E-state index in [1.807, 2.05) is 55.5 Å². The van der Waals surface area contributed by atoms with Gasteiger partial charge in [-0.1, -0.05) is 40.9 Å². The minimum atomic E-state index is 0.198. The van der Waals surface area contributed by atoms with Crippen LogP contribution in [0.15, 0.2) is 59.1 Å². The van der Waals surface area contributed by atoms with Crippen LogP contribution in [0.25, 0.3) is 0 Å². The van der Waals surface area contributed by atoms with E-state index in [0.29, 0.717) is 6.61 Å².